The number of hydrogen-bond donors (Lipinski definition) is 1. The first-order valence-electron chi connectivity index (χ1n) is 5.45. The summed E-state index contributed by atoms with van der Waals surface area (Å²) in [6.45, 7) is 2.05. The molecule has 6 heteroatoms. The molecule has 0 bridgehead atoms. The van der Waals surface area contributed by atoms with E-state index in [4.69, 9.17) is 4.74 Å². The van der Waals surface area contributed by atoms with E-state index in [0.29, 0.717) is 13.2 Å². The predicted octanol–water partition coefficient (Wildman–Crippen LogP) is 3.20. The van der Waals surface area contributed by atoms with E-state index in [0.717, 1.165) is 6.54 Å². The Labute approximate surface area is 103 Å². The molecule has 0 saturated heterocycles. The number of thiophene rings is 1. The van der Waals surface area contributed by atoms with Crippen LogP contribution in [0.5, 0.6) is 0 Å². The largest absolute Gasteiger partial charge is 0.389 e. The molecule has 2 nitrogen and oxygen atoms in total. The summed E-state index contributed by atoms with van der Waals surface area (Å²) in [7, 11) is 0. The third kappa shape index (κ3) is 8.18. The summed E-state index contributed by atoms with van der Waals surface area (Å²) >= 11 is 1.67. The van der Waals surface area contributed by atoms with Gasteiger partial charge in [-0.2, -0.15) is 13.2 Å². The zero-order valence-electron chi connectivity index (χ0n) is 9.43. The number of halogens is 3. The van der Waals surface area contributed by atoms with E-state index in [1.54, 1.807) is 11.3 Å². The summed E-state index contributed by atoms with van der Waals surface area (Å²) < 4.78 is 40.4. The molecular formula is C11H16F3NOS. The van der Waals surface area contributed by atoms with E-state index >= 15 is 0 Å². The molecule has 1 heterocycles. The fourth-order valence-corrected chi connectivity index (χ4v) is 1.92. The Morgan fingerprint density at radius 2 is 2.12 bits per heavy atom. The third-order valence-electron chi connectivity index (χ3n) is 2.05. The van der Waals surface area contributed by atoms with Crippen LogP contribution >= 0.6 is 11.3 Å². The molecule has 0 aliphatic carbocycles. The molecule has 1 N–H and O–H groups in total. The van der Waals surface area contributed by atoms with Gasteiger partial charge in [0.25, 0.3) is 0 Å². The van der Waals surface area contributed by atoms with Crippen LogP contribution in [-0.4, -0.2) is 25.9 Å². The molecule has 0 spiro atoms. The Bertz CT molecular complexity index is 287. The molecule has 17 heavy (non-hydrogen) atoms. The van der Waals surface area contributed by atoms with Gasteiger partial charge in [0.15, 0.2) is 0 Å². The van der Waals surface area contributed by atoms with Gasteiger partial charge in [-0.3, -0.25) is 0 Å². The maximum Gasteiger partial charge on any atom is 0.389 e. The fraction of sp³-hybridized carbons (Fsp3) is 0.636. The van der Waals surface area contributed by atoms with Crippen LogP contribution in [0.15, 0.2) is 17.5 Å². The standard InChI is InChI=1S/C11H16F3NOS/c12-11(13,14)4-2-6-16-7-5-15-9-10-3-1-8-17-10/h1,3,8,15H,2,4-7,9H2. The summed E-state index contributed by atoms with van der Waals surface area (Å²) in [6.07, 6.45) is -4.80. The lowest BCUT2D eigenvalue weighted by Gasteiger charge is -2.07. The van der Waals surface area contributed by atoms with E-state index in [1.165, 1.54) is 4.88 Å². The van der Waals surface area contributed by atoms with Crippen molar-refractivity contribution in [3.8, 4) is 0 Å². The van der Waals surface area contributed by atoms with Gasteiger partial charge in [-0.15, -0.1) is 11.3 Å². The second kappa shape index (κ2) is 7.68. The van der Waals surface area contributed by atoms with Crippen molar-refractivity contribution in [2.24, 2.45) is 0 Å². The molecule has 0 aromatic carbocycles. The quantitative estimate of drug-likeness (QED) is 0.730. The number of rotatable bonds is 8. The highest BCUT2D eigenvalue weighted by Gasteiger charge is 2.25. The lowest BCUT2D eigenvalue weighted by molar-refractivity contribution is -0.137. The normalized spacial score (nSPS) is 11.9. The van der Waals surface area contributed by atoms with Gasteiger partial charge < -0.3 is 10.1 Å². The molecule has 1 rings (SSSR count). The van der Waals surface area contributed by atoms with E-state index in [1.807, 2.05) is 17.5 Å². The highest BCUT2D eigenvalue weighted by Crippen LogP contribution is 2.20. The van der Waals surface area contributed by atoms with Gasteiger partial charge in [-0.1, -0.05) is 6.07 Å². The van der Waals surface area contributed by atoms with Gasteiger partial charge in [0.05, 0.1) is 6.61 Å². The first-order valence-corrected chi connectivity index (χ1v) is 6.33. The highest BCUT2D eigenvalue weighted by atomic mass is 32.1. The third-order valence-corrected chi connectivity index (χ3v) is 2.93. The Balaban J connectivity index is 1.85. The Morgan fingerprint density at radius 1 is 1.29 bits per heavy atom. The van der Waals surface area contributed by atoms with E-state index < -0.39 is 12.6 Å². The van der Waals surface area contributed by atoms with Crippen LogP contribution in [-0.2, 0) is 11.3 Å². The number of nitrogens with one attached hydrogen (secondary N) is 1. The molecule has 0 atom stereocenters. The number of alkyl halides is 3. The molecule has 0 radical (unpaired) electrons. The van der Waals surface area contributed by atoms with Crippen LogP contribution in [0.1, 0.15) is 17.7 Å². The average Bonchev–Trinajstić information content (AvgIpc) is 2.73. The molecule has 0 unspecified atom stereocenters. The molecule has 0 aliphatic rings. The van der Waals surface area contributed by atoms with Crippen molar-refractivity contribution >= 4 is 11.3 Å². The zero-order valence-corrected chi connectivity index (χ0v) is 10.2. The Kier molecular flexibility index (Phi) is 6.54. The summed E-state index contributed by atoms with van der Waals surface area (Å²) in [5, 5.41) is 5.16. The van der Waals surface area contributed by atoms with Gasteiger partial charge >= 0.3 is 6.18 Å². The van der Waals surface area contributed by atoms with Crippen molar-refractivity contribution in [2.75, 3.05) is 19.8 Å². The molecule has 98 valence electrons. The van der Waals surface area contributed by atoms with Crippen LogP contribution in [0.3, 0.4) is 0 Å². The second-order valence-corrected chi connectivity index (χ2v) is 4.62. The van der Waals surface area contributed by atoms with Crippen molar-refractivity contribution in [3.05, 3.63) is 22.4 Å². The number of ether oxygens (including phenoxy) is 1. The van der Waals surface area contributed by atoms with Gasteiger partial charge in [-0.25, -0.2) is 0 Å². The van der Waals surface area contributed by atoms with Crippen LogP contribution in [0.2, 0.25) is 0 Å². The van der Waals surface area contributed by atoms with E-state index in [9.17, 15) is 13.2 Å². The van der Waals surface area contributed by atoms with Gasteiger partial charge in [0.1, 0.15) is 0 Å². The van der Waals surface area contributed by atoms with E-state index in [2.05, 4.69) is 5.32 Å². The maximum atomic E-state index is 11.8. The maximum absolute atomic E-state index is 11.8. The van der Waals surface area contributed by atoms with Crippen LogP contribution in [0.25, 0.3) is 0 Å². The first-order chi connectivity index (χ1) is 8.08. The Hall–Kier alpha value is -0.590. The SMILES string of the molecule is FC(F)(F)CCCOCCNCc1cccs1. The smallest absolute Gasteiger partial charge is 0.380 e. The minimum Gasteiger partial charge on any atom is -0.380 e. The van der Waals surface area contributed by atoms with Crippen molar-refractivity contribution in [3.63, 3.8) is 0 Å². The topological polar surface area (TPSA) is 21.3 Å². The minimum absolute atomic E-state index is 0.0361. The summed E-state index contributed by atoms with van der Waals surface area (Å²) in [6, 6.07) is 4.01. The summed E-state index contributed by atoms with van der Waals surface area (Å²) in [5.41, 5.74) is 0. The summed E-state index contributed by atoms with van der Waals surface area (Å²) in [5.74, 6) is 0. The molecule has 0 amide bonds. The zero-order chi connectivity index (χ0) is 12.6. The Morgan fingerprint density at radius 3 is 2.76 bits per heavy atom. The molecule has 0 aliphatic heterocycles. The van der Waals surface area contributed by atoms with Crippen molar-refractivity contribution in [1.82, 2.24) is 5.32 Å². The first kappa shape index (κ1) is 14.5. The van der Waals surface area contributed by atoms with Crippen LogP contribution < -0.4 is 5.32 Å². The van der Waals surface area contributed by atoms with Gasteiger partial charge in [-0.05, 0) is 17.9 Å². The average molecular weight is 267 g/mol. The van der Waals surface area contributed by atoms with Crippen molar-refractivity contribution in [2.45, 2.75) is 25.6 Å². The molecule has 0 saturated carbocycles. The van der Waals surface area contributed by atoms with Gasteiger partial charge in [0.2, 0.25) is 0 Å². The van der Waals surface area contributed by atoms with Crippen molar-refractivity contribution in [1.29, 1.82) is 0 Å². The van der Waals surface area contributed by atoms with E-state index in [-0.39, 0.29) is 13.0 Å². The predicted molar refractivity (Wildman–Crippen MR) is 62.1 cm³/mol. The monoisotopic (exact) mass is 267 g/mol. The van der Waals surface area contributed by atoms with Crippen LogP contribution in [0.4, 0.5) is 13.2 Å². The van der Waals surface area contributed by atoms with Crippen LogP contribution in [0, 0.1) is 0 Å². The molecule has 1 aromatic heterocycles. The molecule has 0 fully saturated rings. The fourth-order valence-electron chi connectivity index (χ4n) is 1.25. The summed E-state index contributed by atoms with van der Waals surface area (Å²) in [4.78, 5) is 1.24. The van der Waals surface area contributed by atoms with Crippen molar-refractivity contribution < 1.29 is 17.9 Å². The number of hydrogen-bond acceptors (Lipinski definition) is 3. The minimum atomic E-state index is -4.07. The second-order valence-electron chi connectivity index (χ2n) is 3.59. The highest BCUT2D eigenvalue weighted by molar-refractivity contribution is 7.09. The lowest BCUT2D eigenvalue weighted by atomic mass is 10.3. The molecular weight excluding hydrogens is 251 g/mol. The van der Waals surface area contributed by atoms with Gasteiger partial charge in [0, 0.05) is 31.0 Å². The lowest BCUT2D eigenvalue weighted by Crippen LogP contribution is -2.19. The molecule has 1 aromatic rings.